The first kappa shape index (κ1) is 11.5. The summed E-state index contributed by atoms with van der Waals surface area (Å²) in [5.41, 5.74) is 0.667. The van der Waals surface area contributed by atoms with Gasteiger partial charge in [0.25, 0.3) is 5.56 Å². The van der Waals surface area contributed by atoms with Gasteiger partial charge < -0.3 is 4.90 Å². The van der Waals surface area contributed by atoms with Crippen LogP contribution < -0.4 is 5.56 Å². The van der Waals surface area contributed by atoms with Crippen LogP contribution in [0.5, 0.6) is 0 Å². The van der Waals surface area contributed by atoms with Crippen molar-refractivity contribution in [1.82, 2.24) is 19.5 Å². The van der Waals surface area contributed by atoms with E-state index in [0.717, 1.165) is 25.3 Å². The molecule has 1 aliphatic rings. The van der Waals surface area contributed by atoms with Crippen molar-refractivity contribution in [2.75, 3.05) is 20.1 Å². The summed E-state index contributed by atoms with van der Waals surface area (Å²) in [6.45, 7) is 2.32. The zero-order valence-corrected chi connectivity index (χ0v) is 10.6. The van der Waals surface area contributed by atoms with Gasteiger partial charge in [-0.3, -0.25) is 9.89 Å². The summed E-state index contributed by atoms with van der Waals surface area (Å²) in [4.78, 5) is 18.5. The fraction of sp³-hybridized carbons (Fsp3) is 0.538. The van der Waals surface area contributed by atoms with Crippen LogP contribution in [0, 0.1) is 5.92 Å². The minimum atomic E-state index is -0.0466. The van der Waals surface area contributed by atoms with E-state index in [0.29, 0.717) is 11.6 Å². The van der Waals surface area contributed by atoms with E-state index in [1.165, 1.54) is 17.4 Å². The highest BCUT2D eigenvalue weighted by Gasteiger charge is 2.18. The Morgan fingerprint density at radius 2 is 2.17 bits per heavy atom. The first-order chi connectivity index (χ1) is 8.72. The molecule has 0 saturated carbocycles. The average Bonchev–Trinajstić information content (AvgIpc) is 2.76. The van der Waals surface area contributed by atoms with Gasteiger partial charge >= 0.3 is 0 Å². The first-order valence-electron chi connectivity index (χ1n) is 6.47. The van der Waals surface area contributed by atoms with Gasteiger partial charge in [0.15, 0.2) is 5.65 Å². The molecule has 96 valence electrons. The molecule has 0 spiro atoms. The fourth-order valence-corrected chi connectivity index (χ4v) is 2.60. The standard InChI is InChI=1S/C13H18N4O/c1-16-7-5-10(6-8-16)9-11-14-12-3-2-4-13(18)17(12)15-11/h2-4,10H,5-9H2,1H3,(H,14,15). The quantitative estimate of drug-likeness (QED) is 0.857. The van der Waals surface area contributed by atoms with Crippen molar-refractivity contribution >= 4 is 5.65 Å². The molecular formula is C13H18N4O. The molecule has 2 aromatic rings. The summed E-state index contributed by atoms with van der Waals surface area (Å²) in [5, 5.41) is 3.10. The lowest BCUT2D eigenvalue weighted by atomic mass is 9.94. The summed E-state index contributed by atoms with van der Waals surface area (Å²) < 4.78 is 1.52. The van der Waals surface area contributed by atoms with Crippen molar-refractivity contribution in [1.29, 1.82) is 0 Å². The maximum Gasteiger partial charge on any atom is 0.271 e. The van der Waals surface area contributed by atoms with Crippen LogP contribution in [-0.2, 0) is 6.42 Å². The monoisotopic (exact) mass is 246 g/mol. The molecule has 0 radical (unpaired) electrons. The lowest BCUT2D eigenvalue weighted by molar-refractivity contribution is 0.217. The van der Waals surface area contributed by atoms with Crippen LogP contribution in [0.4, 0.5) is 0 Å². The molecule has 3 rings (SSSR count). The Morgan fingerprint density at radius 3 is 2.89 bits per heavy atom. The molecule has 0 aromatic carbocycles. The van der Waals surface area contributed by atoms with Crippen LogP contribution >= 0.6 is 0 Å². The molecule has 1 N–H and O–H groups in total. The molecule has 1 fully saturated rings. The number of fused-ring (bicyclic) bond motifs is 1. The second-order valence-electron chi connectivity index (χ2n) is 5.18. The third-order valence-corrected chi connectivity index (χ3v) is 3.74. The zero-order valence-electron chi connectivity index (χ0n) is 10.6. The molecule has 0 unspecified atom stereocenters. The van der Waals surface area contributed by atoms with Crippen molar-refractivity contribution in [3.63, 3.8) is 0 Å². The van der Waals surface area contributed by atoms with E-state index in [9.17, 15) is 4.79 Å². The van der Waals surface area contributed by atoms with Crippen LogP contribution in [0.25, 0.3) is 5.65 Å². The molecule has 18 heavy (non-hydrogen) atoms. The normalized spacial score (nSPS) is 18.5. The van der Waals surface area contributed by atoms with E-state index in [1.807, 2.05) is 6.07 Å². The van der Waals surface area contributed by atoms with E-state index in [4.69, 9.17) is 0 Å². The van der Waals surface area contributed by atoms with Gasteiger partial charge in [-0.25, -0.2) is 9.50 Å². The van der Waals surface area contributed by atoms with Crippen LogP contribution in [0.2, 0.25) is 0 Å². The lowest BCUT2D eigenvalue weighted by Crippen LogP contribution is -2.31. The van der Waals surface area contributed by atoms with E-state index in [2.05, 4.69) is 22.0 Å². The highest BCUT2D eigenvalue weighted by molar-refractivity contribution is 5.36. The Balaban J connectivity index is 1.79. The van der Waals surface area contributed by atoms with Crippen LogP contribution in [0.15, 0.2) is 23.0 Å². The minimum absolute atomic E-state index is 0.0466. The summed E-state index contributed by atoms with van der Waals surface area (Å²) in [6, 6.07) is 5.15. The van der Waals surface area contributed by atoms with Gasteiger partial charge in [0.2, 0.25) is 0 Å². The maximum absolute atomic E-state index is 11.6. The van der Waals surface area contributed by atoms with E-state index >= 15 is 0 Å². The van der Waals surface area contributed by atoms with E-state index < -0.39 is 0 Å². The SMILES string of the molecule is CN1CCC(Cc2nc3cccc(=O)n3[nH]2)CC1. The number of rotatable bonds is 2. The molecule has 3 heterocycles. The van der Waals surface area contributed by atoms with Gasteiger partial charge in [0, 0.05) is 12.5 Å². The third-order valence-electron chi connectivity index (χ3n) is 3.74. The molecule has 1 aliphatic heterocycles. The lowest BCUT2D eigenvalue weighted by Gasteiger charge is -2.28. The Morgan fingerprint density at radius 1 is 1.39 bits per heavy atom. The third kappa shape index (κ3) is 2.18. The molecule has 0 bridgehead atoms. The fourth-order valence-electron chi connectivity index (χ4n) is 2.60. The second kappa shape index (κ2) is 4.57. The van der Waals surface area contributed by atoms with Gasteiger partial charge in [-0.05, 0) is 45.0 Å². The number of nitrogens with zero attached hydrogens (tertiary/aromatic N) is 3. The van der Waals surface area contributed by atoms with Crippen LogP contribution in [0.3, 0.4) is 0 Å². The Hall–Kier alpha value is -1.62. The van der Waals surface area contributed by atoms with Gasteiger partial charge in [-0.1, -0.05) is 6.07 Å². The van der Waals surface area contributed by atoms with Crippen LogP contribution in [0.1, 0.15) is 18.7 Å². The molecule has 0 amide bonds. The van der Waals surface area contributed by atoms with Gasteiger partial charge in [-0.2, -0.15) is 0 Å². The minimum Gasteiger partial charge on any atom is -0.306 e. The van der Waals surface area contributed by atoms with Gasteiger partial charge in [0.05, 0.1) is 0 Å². The predicted octanol–water partition coefficient (Wildman–Crippen LogP) is 0.907. The highest BCUT2D eigenvalue weighted by Crippen LogP contribution is 2.19. The van der Waals surface area contributed by atoms with Crippen molar-refractivity contribution in [3.8, 4) is 0 Å². The maximum atomic E-state index is 11.6. The number of aromatic nitrogens is 3. The highest BCUT2D eigenvalue weighted by atomic mass is 16.1. The average molecular weight is 246 g/mol. The molecule has 5 nitrogen and oxygen atoms in total. The number of H-pyrrole nitrogens is 1. The number of aromatic amines is 1. The molecular weight excluding hydrogens is 228 g/mol. The van der Waals surface area contributed by atoms with Crippen LogP contribution in [-0.4, -0.2) is 39.6 Å². The summed E-state index contributed by atoms with van der Waals surface area (Å²) in [5.74, 6) is 1.60. The smallest absolute Gasteiger partial charge is 0.271 e. The molecule has 2 aromatic heterocycles. The Bertz CT molecular complexity index is 592. The topological polar surface area (TPSA) is 53.4 Å². The Kier molecular flexibility index (Phi) is 2.91. The second-order valence-corrected chi connectivity index (χ2v) is 5.18. The summed E-state index contributed by atoms with van der Waals surface area (Å²) in [6.07, 6.45) is 3.36. The van der Waals surface area contributed by atoms with Gasteiger partial charge in [0.1, 0.15) is 5.82 Å². The molecule has 1 saturated heterocycles. The molecule has 0 aliphatic carbocycles. The molecule has 5 heteroatoms. The van der Waals surface area contributed by atoms with Crippen molar-refractivity contribution in [2.24, 2.45) is 5.92 Å². The van der Waals surface area contributed by atoms with E-state index in [1.54, 1.807) is 12.1 Å². The van der Waals surface area contributed by atoms with Crippen molar-refractivity contribution in [3.05, 3.63) is 34.4 Å². The summed E-state index contributed by atoms with van der Waals surface area (Å²) in [7, 11) is 2.16. The van der Waals surface area contributed by atoms with Gasteiger partial charge in [-0.15, -0.1) is 0 Å². The number of piperidine rings is 1. The largest absolute Gasteiger partial charge is 0.306 e. The number of pyridine rings is 1. The van der Waals surface area contributed by atoms with E-state index in [-0.39, 0.29) is 5.56 Å². The van der Waals surface area contributed by atoms with Crippen molar-refractivity contribution in [2.45, 2.75) is 19.3 Å². The number of hydrogen-bond acceptors (Lipinski definition) is 3. The number of hydrogen-bond donors (Lipinski definition) is 1. The predicted molar refractivity (Wildman–Crippen MR) is 69.7 cm³/mol. The molecule has 0 atom stereocenters. The number of nitrogens with one attached hydrogen (secondary N) is 1. The van der Waals surface area contributed by atoms with Crippen molar-refractivity contribution < 1.29 is 0 Å². The number of likely N-dealkylation sites (tertiary alicyclic amines) is 1. The summed E-state index contributed by atoms with van der Waals surface area (Å²) >= 11 is 0. The zero-order chi connectivity index (χ0) is 12.5. The first-order valence-corrected chi connectivity index (χ1v) is 6.47. The Labute approximate surface area is 105 Å².